The number of halogens is 1. The fraction of sp³-hybridized carbons (Fsp3) is 0.444. The third-order valence-corrected chi connectivity index (χ3v) is 10.3. The third-order valence-electron chi connectivity index (χ3n) is 9.59. The van der Waals surface area contributed by atoms with Crippen molar-refractivity contribution in [3.05, 3.63) is 87.9 Å². The summed E-state index contributed by atoms with van der Waals surface area (Å²) in [5.41, 5.74) is 1.92. The molecule has 248 valence electrons. The van der Waals surface area contributed by atoms with Crippen LogP contribution in [-0.4, -0.2) is 77.7 Å². The molecule has 0 unspecified atom stereocenters. The number of aliphatic hydroxyl groups is 1. The molecule has 3 amide bonds. The first kappa shape index (κ1) is 33.1. The summed E-state index contributed by atoms with van der Waals surface area (Å²) in [7, 11) is 0. The van der Waals surface area contributed by atoms with Crippen LogP contribution < -0.4 is 10.2 Å². The lowest BCUT2D eigenvalue weighted by atomic mass is 9.74. The maximum absolute atomic E-state index is 15.0. The first-order valence-electron chi connectivity index (χ1n) is 16.2. The Morgan fingerprint density at radius 1 is 1.02 bits per heavy atom. The van der Waals surface area contributed by atoms with Gasteiger partial charge >= 0.3 is 5.97 Å². The molecule has 0 aromatic heterocycles. The van der Waals surface area contributed by atoms with Gasteiger partial charge in [-0.3, -0.25) is 19.2 Å². The number of benzene rings is 2. The van der Waals surface area contributed by atoms with Crippen molar-refractivity contribution in [1.82, 2.24) is 10.2 Å². The van der Waals surface area contributed by atoms with E-state index in [2.05, 4.69) is 21.2 Å². The molecule has 4 aliphatic rings. The zero-order valence-corrected chi connectivity index (χ0v) is 28.1. The molecule has 11 heteroatoms. The van der Waals surface area contributed by atoms with Gasteiger partial charge in [0.25, 0.3) is 5.91 Å². The third kappa shape index (κ3) is 6.16. The predicted octanol–water partition coefficient (Wildman–Crippen LogP) is 4.03. The molecular weight excluding hydrogens is 666 g/mol. The standard InChI is InChI=1S/C36H40BrN3O7/c1-22-14-15-23(2)27(19-22)39-16-8-4-7-13-28(42)46-21-26(24-11-5-3-6-12-24)38-33(43)29-30-34(44)40(17-9-10-18-41)32(35(39)45)36(30)20-25(37)31(29)47-36/h3-6,8,11-12,14-15,19-20,26,29-32,41H,7,9-10,13,16-18,21H2,1-2H3,(H,38,43)/b8-4-/t26-,29-,30+,31-,32-,36+/m0/s1. The number of amides is 3. The van der Waals surface area contributed by atoms with Crippen molar-refractivity contribution in [2.75, 3.05) is 31.2 Å². The molecule has 0 saturated carbocycles. The first-order valence-corrected chi connectivity index (χ1v) is 17.0. The van der Waals surface area contributed by atoms with Crippen LogP contribution in [-0.2, 0) is 28.7 Å². The van der Waals surface area contributed by atoms with E-state index in [-0.39, 0.29) is 44.5 Å². The van der Waals surface area contributed by atoms with Gasteiger partial charge in [0, 0.05) is 36.3 Å². The molecule has 2 aromatic rings. The summed E-state index contributed by atoms with van der Waals surface area (Å²) in [6.45, 7) is 4.18. The minimum absolute atomic E-state index is 0.0465. The van der Waals surface area contributed by atoms with Crippen LogP contribution in [0.25, 0.3) is 0 Å². The number of hydrogen-bond donors (Lipinski definition) is 2. The van der Waals surface area contributed by atoms with Crippen molar-refractivity contribution >= 4 is 45.3 Å². The number of nitrogens with one attached hydrogen (secondary N) is 1. The van der Waals surface area contributed by atoms with Gasteiger partial charge < -0.3 is 29.7 Å². The number of rotatable bonds is 6. The summed E-state index contributed by atoms with van der Waals surface area (Å²) in [4.78, 5) is 59.7. The maximum Gasteiger partial charge on any atom is 0.306 e. The lowest BCUT2D eigenvalue weighted by Gasteiger charge is -2.36. The second-order valence-corrected chi connectivity index (χ2v) is 13.6. The van der Waals surface area contributed by atoms with E-state index >= 15 is 4.79 Å². The van der Waals surface area contributed by atoms with Crippen molar-refractivity contribution in [2.24, 2.45) is 11.8 Å². The van der Waals surface area contributed by atoms with Gasteiger partial charge in [-0.25, -0.2) is 0 Å². The highest BCUT2D eigenvalue weighted by Gasteiger charge is 2.74. The molecule has 0 aliphatic carbocycles. The minimum atomic E-state index is -1.39. The molecule has 2 N–H and O–H groups in total. The smallest absolute Gasteiger partial charge is 0.306 e. The van der Waals surface area contributed by atoms with E-state index in [1.54, 1.807) is 15.9 Å². The van der Waals surface area contributed by atoms with Gasteiger partial charge in [0.1, 0.15) is 24.4 Å². The average Bonchev–Trinajstić information content (AvgIpc) is 3.65. The minimum Gasteiger partial charge on any atom is -0.463 e. The molecular formula is C36H40BrN3O7. The van der Waals surface area contributed by atoms with Crippen LogP contribution in [0.3, 0.4) is 0 Å². The molecule has 5 bridgehead atoms. The topological polar surface area (TPSA) is 125 Å². The lowest BCUT2D eigenvalue weighted by Crippen LogP contribution is -2.56. The zero-order chi connectivity index (χ0) is 33.3. The van der Waals surface area contributed by atoms with Crippen LogP contribution in [0.1, 0.15) is 48.4 Å². The van der Waals surface area contributed by atoms with E-state index in [1.807, 2.05) is 74.5 Å². The average molecular weight is 707 g/mol. The molecule has 2 aromatic carbocycles. The monoisotopic (exact) mass is 705 g/mol. The Morgan fingerprint density at radius 3 is 2.57 bits per heavy atom. The Hall–Kier alpha value is -3.80. The van der Waals surface area contributed by atoms with Crippen LogP contribution >= 0.6 is 15.9 Å². The Labute approximate surface area is 282 Å². The number of fused-ring (bicyclic) bond motifs is 2. The molecule has 6 rings (SSSR count). The van der Waals surface area contributed by atoms with Crippen LogP contribution in [0.2, 0.25) is 0 Å². The van der Waals surface area contributed by atoms with Gasteiger partial charge in [-0.15, -0.1) is 0 Å². The highest BCUT2D eigenvalue weighted by Crippen LogP contribution is 2.58. The SMILES string of the molecule is Cc1ccc(C)c(N2C/C=C\CCC(=O)OC[C@@H](c3ccccc3)NC(=O)[C@@H]3[C@H]4O[C@@]5(C=C4Br)[C@H](C2=O)N(CCCCO)C(=O)[C@@H]35)c1. The van der Waals surface area contributed by atoms with E-state index < -0.39 is 47.5 Å². The number of likely N-dealkylation sites (tertiary alicyclic amines) is 1. The van der Waals surface area contributed by atoms with Crippen molar-refractivity contribution < 1.29 is 33.8 Å². The van der Waals surface area contributed by atoms with Crippen molar-refractivity contribution in [1.29, 1.82) is 0 Å². The number of esters is 1. The molecule has 10 nitrogen and oxygen atoms in total. The van der Waals surface area contributed by atoms with Gasteiger partial charge in [-0.2, -0.15) is 0 Å². The number of ether oxygens (including phenoxy) is 2. The lowest BCUT2D eigenvalue weighted by molar-refractivity contribution is -0.145. The van der Waals surface area contributed by atoms with E-state index in [0.717, 1.165) is 16.7 Å². The number of unbranched alkanes of at least 4 members (excludes halogenated alkanes) is 1. The molecule has 47 heavy (non-hydrogen) atoms. The summed E-state index contributed by atoms with van der Waals surface area (Å²) in [6.07, 6.45) is 6.21. The number of aliphatic hydroxyl groups excluding tert-OH is 1. The highest BCUT2D eigenvalue weighted by molar-refractivity contribution is 9.11. The van der Waals surface area contributed by atoms with Gasteiger partial charge in [-0.05, 0) is 61.9 Å². The van der Waals surface area contributed by atoms with Crippen molar-refractivity contribution in [3.63, 3.8) is 0 Å². The quantitative estimate of drug-likeness (QED) is 0.264. The number of allylic oxidation sites excluding steroid dienone is 1. The van der Waals surface area contributed by atoms with Crippen molar-refractivity contribution in [3.8, 4) is 0 Å². The van der Waals surface area contributed by atoms with Crippen LogP contribution in [0.4, 0.5) is 5.69 Å². The van der Waals surface area contributed by atoms with Crippen LogP contribution in [0.5, 0.6) is 0 Å². The second-order valence-electron chi connectivity index (χ2n) is 12.7. The summed E-state index contributed by atoms with van der Waals surface area (Å²) in [6, 6.07) is 13.4. The number of cyclic esters (lactones) is 1. The van der Waals surface area contributed by atoms with E-state index in [9.17, 15) is 19.5 Å². The maximum atomic E-state index is 15.0. The Morgan fingerprint density at radius 2 is 1.81 bits per heavy atom. The second kappa shape index (κ2) is 13.7. The first-order chi connectivity index (χ1) is 22.7. The Balaban J connectivity index is 1.46. The largest absolute Gasteiger partial charge is 0.463 e. The summed E-state index contributed by atoms with van der Waals surface area (Å²) in [5.74, 6) is -3.38. The van der Waals surface area contributed by atoms with Gasteiger partial charge in [0.05, 0.1) is 17.9 Å². The molecule has 2 fully saturated rings. The molecule has 4 aliphatic heterocycles. The number of carbonyl (C=O) groups is 4. The van der Waals surface area contributed by atoms with Gasteiger partial charge in [-0.1, -0.05) is 70.5 Å². The Bertz CT molecular complexity index is 1610. The van der Waals surface area contributed by atoms with Gasteiger partial charge in [0.15, 0.2) is 0 Å². The fourth-order valence-corrected chi connectivity index (χ4v) is 8.05. The molecule has 0 radical (unpaired) electrons. The number of anilines is 1. The van der Waals surface area contributed by atoms with E-state index in [1.165, 1.54) is 0 Å². The van der Waals surface area contributed by atoms with Crippen molar-refractivity contribution in [2.45, 2.75) is 63.3 Å². The number of carbonyl (C=O) groups excluding carboxylic acids is 4. The van der Waals surface area contributed by atoms with E-state index in [4.69, 9.17) is 9.47 Å². The Kier molecular flexibility index (Phi) is 9.68. The molecule has 6 atom stereocenters. The fourth-order valence-electron chi connectivity index (χ4n) is 7.32. The van der Waals surface area contributed by atoms with E-state index in [0.29, 0.717) is 29.4 Å². The number of hydrogen-bond acceptors (Lipinski definition) is 7. The van der Waals surface area contributed by atoms with Gasteiger partial charge in [0.2, 0.25) is 11.8 Å². The summed E-state index contributed by atoms with van der Waals surface area (Å²) in [5, 5.41) is 12.6. The number of aryl methyl sites for hydroxylation is 2. The summed E-state index contributed by atoms with van der Waals surface area (Å²) < 4.78 is 12.9. The zero-order valence-electron chi connectivity index (χ0n) is 26.6. The predicted molar refractivity (Wildman–Crippen MR) is 178 cm³/mol. The summed E-state index contributed by atoms with van der Waals surface area (Å²) >= 11 is 3.62. The molecule has 1 spiro atoms. The van der Waals surface area contributed by atoms with Crippen LogP contribution in [0.15, 0.2) is 71.2 Å². The number of nitrogens with zero attached hydrogens (tertiary/aromatic N) is 2. The molecule has 2 saturated heterocycles. The highest BCUT2D eigenvalue weighted by atomic mass is 79.9. The van der Waals surface area contributed by atoms with Crippen LogP contribution in [0, 0.1) is 25.7 Å². The normalized spacial score (nSPS) is 30.2. The molecule has 4 heterocycles.